The predicted octanol–water partition coefficient (Wildman–Crippen LogP) is 3.10. The van der Waals surface area contributed by atoms with Gasteiger partial charge in [-0.15, -0.1) is 0 Å². The molecule has 1 unspecified atom stereocenters. The first-order valence-electron chi connectivity index (χ1n) is 8.24. The van der Waals surface area contributed by atoms with Crippen LogP contribution in [0.1, 0.15) is 30.8 Å². The Bertz CT molecular complexity index is 888. The van der Waals surface area contributed by atoms with Crippen LogP contribution in [0.4, 0.5) is 0 Å². The lowest BCUT2D eigenvalue weighted by Gasteiger charge is -2.18. The summed E-state index contributed by atoms with van der Waals surface area (Å²) in [5.74, 6) is 0.302. The van der Waals surface area contributed by atoms with E-state index in [0.717, 1.165) is 16.6 Å². The zero-order valence-electron chi connectivity index (χ0n) is 14.3. The number of hydrogen-bond acceptors (Lipinski definition) is 3. The second-order valence-corrected chi connectivity index (χ2v) is 6.42. The average molecular weight is 371 g/mol. The maximum atomic E-state index is 12.3. The Morgan fingerprint density at radius 1 is 1.15 bits per heavy atom. The summed E-state index contributed by atoms with van der Waals surface area (Å²) < 4.78 is 0. The molecule has 26 heavy (non-hydrogen) atoms. The van der Waals surface area contributed by atoms with Gasteiger partial charge in [-0.2, -0.15) is 0 Å². The van der Waals surface area contributed by atoms with Gasteiger partial charge >= 0.3 is 0 Å². The van der Waals surface area contributed by atoms with E-state index in [-0.39, 0.29) is 18.2 Å². The maximum absolute atomic E-state index is 12.3. The number of nitrogens with zero attached hydrogens (tertiary/aromatic N) is 1. The van der Waals surface area contributed by atoms with Crippen molar-refractivity contribution in [1.29, 1.82) is 0 Å². The topological polar surface area (TPSA) is 86.9 Å². The van der Waals surface area contributed by atoms with E-state index in [0.29, 0.717) is 17.4 Å². The summed E-state index contributed by atoms with van der Waals surface area (Å²) in [7, 11) is 0. The fourth-order valence-electron chi connectivity index (χ4n) is 2.72. The van der Waals surface area contributed by atoms with Crippen LogP contribution in [0, 0.1) is 0 Å². The van der Waals surface area contributed by atoms with Crippen molar-refractivity contribution in [3.8, 4) is 0 Å². The number of amides is 2. The number of carbonyl (C=O) groups excluding carboxylic acids is 2. The fourth-order valence-corrected chi connectivity index (χ4v) is 2.85. The molecule has 3 rings (SSSR count). The molecule has 2 aromatic carbocycles. The second-order valence-electron chi connectivity index (χ2n) is 5.99. The number of benzene rings is 2. The fraction of sp³-hybridized carbons (Fsp3) is 0.211. The van der Waals surface area contributed by atoms with Gasteiger partial charge in [0.05, 0.1) is 30.0 Å². The zero-order valence-corrected chi connectivity index (χ0v) is 15.0. The molecular weight excluding hydrogens is 352 g/mol. The molecule has 134 valence electrons. The van der Waals surface area contributed by atoms with Gasteiger partial charge in [0.25, 0.3) is 0 Å². The molecule has 3 aromatic rings. The summed E-state index contributed by atoms with van der Waals surface area (Å²) in [5, 5.41) is 6.24. The number of imidazole rings is 1. The zero-order chi connectivity index (χ0) is 18.5. The third-order valence-corrected chi connectivity index (χ3v) is 4.18. The minimum atomic E-state index is -0.416. The summed E-state index contributed by atoms with van der Waals surface area (Å²) in [6.45, 7) is 1.72. The number of H-pyrrole nitrogens is 1. The summed E-state index contributed by atoms with van der Waals surface area (Å²) in [6.07, 6.45) is 0.126. The van der Waals surface area contributed by atoms with Crippen LogP contribution in [0.3, 0.4) is 0 Å². The lowest BCUT2D eigenvalue weighted by molar-refractivity contribution is -0.123. The molecule has 0 aliphatic carbocycles. The normalized spacial score (nSPS) is 11.9. The maximum Gasteiger partial charge on any atom is 0.222 e. The molecule has 0 saturated heterocycles. The van der Waals surface area contributed by atoms with Gasteiger partial charge in [-0.1, -0.05) is 35.9 Å². The van der Waals surface area contributed by atoms with E-state index in [4.69, 9.17) is 11.6 Å². The molecule has 6 nitrogen and oxygen atoms in total. The van der Waals surface area contributed by atoms with E-state index in [1.165, 1.54) is 6.92 Å². The highest BCUT2D eigenvalue weighted by Crippen LogP contribution is 2.19. The van der Waals surface area contributed by atoms with Gasteiger partial charge in [0.2, 0.25) is 11.8 Å². The molecule has 0 spiro atoms. The molecular formula is C19H19ClN4O2. The predicted molar refractivity (Wildman–Crippen MR) is 101 cm³/mol. The highest BCUT2D eigenvalue weighted by atomic mass is 35.5. The van der Waals surface area contributed by atoms with E-state index in [2.05, 4.69) is 20.6 Å². The van der Waals surface area contributed by atoms with E-state index >= 15 is 0 Å². The number of rotatable bonds is 6. The lowest BCUT2D eigenvalue weighted by Crippen LogP contribution is -2.32. The number of aromatic amines is 1. The Morgan fingerprint density at radius 2 is 1.88 bits per heavy atom. The molecule has 1 aromatic heterocycles. The standard InChI is InChI=1S/C19H19ClN4O2/c1-12(25)22-17(13-6-8-14(20)9-7-13)10-19(26)21-11-18-23-15-4-2-3-5-16(15)24-18/h2-9,17H,10-11H2,1H3,(H,21,26)(H,22,25)(H,23,24). The molecule has 2 amide bonds. The van der Waals surface area contributed by atoms with Crippen molar-refractivity contribution in [2.24, 2.45) is 0 Å². The van der Waals surface area contributed by atoms with Crippen molar-refractivity contribution in [1.82, 2.24) is 20.6 Å². The van der Waals surface area contributed by atoms with Gasteiger partial charge in [-0.3, -0.25) is 9.59 Å². The van der Waals surface area contributed by atoms with E-state index < -0.39 is 6.04 Å². The first-order valence-corrected chi connectivity index (χ1v) is 8.62. The van der Waals surface area contributed by atoms with Crippen LogP contribution in [0.15, 0.2) is 48.5 Å². The number of carbonyl (C=O) groups is 2. The number of halogens is 1. The monoisotopic (exact) mass is 370 g/mol. The van der Waals surface area contributed by atoms with Crippen LogP contribution in [-0.4, -0.2) is 21.8 Å². The number of nitrogens with one attached hydrogen (secondary N) is 3. The van der Waals surface area contributed by atoms with Crippen LogP contribution in [-0.2, 0) is 16.1 Å². The second kappa shape index (κ2) is 8.01. The summed E-state index contributed by atoms with van der Waals surface area (Å²) in [4.78, 5) is 31.4. The Hall–Kier alpha value is -2.86. The first-order chi connectivity index (χ1) is 12.5. The Morgan fingerprint density at radius 3 is 2.58 bits per heavy atom. The van der Waals surface area contributed by atoms with Crippen LogP contribution < -0.4 is 10.6 Å². The summed E-state index contributed by atoms with van der Waals surface area (Å²) >= 11 is 5.90. The minimum absolute atomic E-state index is 0.126. The van der Waals surface area contributed by atoms with Crippen molar-refractivity contribution < 1.29 is 9.59 Å². The van der Waals surface area contributed by atoms with Gasteiger partial charge in [0.1, 0.15) is 5.82 Å². The number of aromatic nitrogens is 2. The molecule has 0 bridgehead atoms. The van der Waals surface area contributed by atoms with Crippen LogP contribution in [0.25, 0.3) is 11.0 Å². The largest absolute Gasteiger partial charge is 0.349 e. The van der Waals surface area contributed by atoms with Gasteiger partial charge in [-0.25, -0.2) is 4.98 Å². The number of hydrogen-bond donors (Lipinski definition) is 3. The molecule has 0 aliphatic heterocycles. The van der Waals surface area contributed by atoms with Crippen LogP contribution in [0.5, 0.6) is 0 Å². The van der Waals surface area contributed by atoms with Crippen molar-refractivity contribution >= 4 is 34.4 Å². The van der Waals surface area contributed by atoms with Crippen molar-refractivity contribution in [2.75, 3.05) is 0 Å². The Kier molecular flexibility index (Phi) is 5.53. The van der Waals surface area contributed by atoms with Gasteiger partial charge in [-0.05, 0) is 29.8 Å². The van der Waals surface area contributed by atoms with E-state index in [1.807, 2.05) is 24.3 Å². The van der Waals surface area contributed by atoms with Crippen molar-refractivity contribution in [3.05, 3.63) is 64.9 Å². The average Bonchev–Trinajstić information content (AvgIpc) is 3.03. The number of para-hydroxylation sites is 2. The van der Waals surface area contributed by atoms with Crippen molar-refractivity contribution in [3.63, 3.8) is 0 Å². The summed E-state index contributed by atoms with van der Waals surface area (Å²) in [5.41, 5.74) is 2.60. The summed E-state index contributed by atoms with van der Waals surface area (Å²) in [6, 6.07) is 14.3. The Labute approximate surface area is 156 Å². The molecule has 1 heterocycles. The SMILES string of the molecule is CC(=O)NC(CC(=O)NCc1nc2ccccc2[nH]1)c1ccc(Cl)cc1. The smallest absolute Gasteiger partial charge is 0.222 e. The molecule has 1 atom stereocenters. The first kappa shape index (κ1) is 17.9. The molecule has 0 radical (unpaired) electrons. The quantitative estimate of drug-likeness (QED) is 0.623. The molecule has 7 heteroatoms. The molecule has 0 fully saturated rings. The van der Waals surface area contributed by atoms with E-state index in [9.17, 15) is 9.59 Å². The lowest BCUT2D eigenvalue weighted by atomic mass is 10.0. The van der Waals surface area contributed by atoms with Gasteiger partial charge in [0, 0.05) is 11.9 Å². The highest BCUT2D eigenvalue weighted by Gasteiger charge is 2.17. The van der Waals surface area contributed by atoms with Crippen LogP contribution in [0.2, 0.25) is 5.02 Å². The number of fused-ring (bicyclic) bond motifs is 1. The molecule has 0 aliphatic rings. The minimum Gasteiger partial charge on any atom is -0.349 e. The van der Waals surface area contributed by atoms with Gasteiger partial charge in [0.15, 0.2) is 0 Å². The third kappa shape index (κ3) is 4.61. The molecule has 0 saturated carbocycles. The molecule has 3 N–H and O–H groups in total. The van der Waals surface area contributed by atoms with Gasteiger partial charge < -0.3 is 15.6 Å². The third-order valence-electron chi connectivity index (χ3n) is 3.93. The van der Waals surface area contributed by atoms with Crippen molar-refractivity contribution in [2.45, 2.75) is 25.9 Å². The van der Waals surface area contributed by atoms with E-state index in [1.54, 1.807) is 24.3 Å². The Balaban J connectivity index is 1.63. The highest BCUT2D eigenvalue weighted by molar-refractivity contribution is 6.30. The van der Waals surface area contributed by atoms with Crippen LogP contribution >= 0.6 is 11.6 Å².